The number of halogens is 2. The Bertz CT molecular complexity index is 482. The number of nitrogens with one attached hydrogen (secondary N) is 2. The van der Waals surface area contributed by atoms with E-state index in [4.69, 9.17) is 11.6 Å². The number of benzene rings is 1. The average Bonchev–Trinajstić information content (AvgIpc) is 3.21. The Morgan fingerprint density at radius 3 is 2.68 bits per heavy atom. The monoisotopic (exact) mass is 283 g/mol. The molecule has 0 aromatic heterocycles. The van der Waals surface area contributed by atoms with Gasteiger partial charge in [-0.05, 0) is 31.4 Å². The molecule has 2 N–H and O–H groups in total. The predicted molar refractivity (Wildman–Crippen MR) is 77.9 cm³/mol. The fourth-order valence-electron chi connectivity index (χ4n) is 2.47. The van der Waals surface area contributed by atoms with Gasteiger partial charge in [-0.2, -0.15) is 0 Å². The molecule has 5 heteroatoms. The molecule has 1 heterocycles. The van der Waals surface area contributed by atoms with Crippen LogP contribution in [-0.2, 0) is 0 Å². The molecule has 1 saturated heterocycles. The molecule has 2 aliphatic rings. The van der Waals surface area contributed by atoms with Gasteiger partial charge >= 0.3 is 0 Å². The van der Waals surface area contributed by atoms with Crippen molar-refractivity contribution in [3.63, 3.8) is 0 Å². The third-order valence-corrected chi connectivity index (χ3v) is 4.11. The normalized spacial score (nSPS) is 19.6. The van der Waals surface area contributed by atoms with E-state index in [0.29, 0.717) is 22.3 Å². The predicted octanol–water partition coefficient (Wildman–Crippen LogP) is 2.77. The Labute approximate surface area is 118 Å². The zero-order valence-corrected chi connectivity index (χ0v) is 11.9. The summed E-state index contributed by atoms with van der Waals surface area (Å²) in [6.07, 6.45) is 2.35. The van der Waals surface area contributed by atoms with Gasteiger partial charge in [0, 0.05) is 32.2 Å². The summed E-state index contributed by atoms with van der Waals surface area (Å²) >= 11 is 6.43. The molecule has 104 valence electrons. The largest absolute Gasteiger partial charge is 0.381 e. The van der Waals surface area contributed by atoms with Gasteiger partial charge in [-0.1, -0.05) is 11.6 Å². The van der Waals surface area contributed by atoms with Crippen molar-refractivity contribution in [2.45, 2.75) is 25.8 Å². The van der Waals surface area contributed by atoms with Gasteiger partial charge in [0.1, 0.15) is 0 Å². The molecule has 3 rings (SSSR count). The maximum absolute atomic E-state index is 14.4. The van der Waals surface area contributed by atoms with Crippen LogP contribution in [-0.4, -0.2) is 32.2 Å². The van der Waals surface area contributed by atoms with Crippen molar-refractivity contribution in [3.05, 3.63) is 22.5 Å². The Morgan fingerprint density at radius 1 is 1.37 bits per heavy atom. The molecule has 0 atom stereocenters. The van der Waals surface area contributed by atoms with Gasteiger partial charge < -0.3 is 15.5 Å². The lowest BCUT2D eigenvalue weighted by Gasteiger charge is -2.31. The van der Waals surface area contributed by atoms with E-state index in [2.05, 4.69) is 10.6 Å². The Hall–Kier alpha value is -1.00. The topological polar surface area (TPSA) is 27.3 Å². The van der Waals surface area contributed by atoms with Crippen molar-refractivity contribution >= 4 is 23.0 Å². The third-order valence-electron chi connectivity index (χ3n) is 3.73. The molecule has 1 saturated carbocycles. The van der Waals surface area contributed by atoms with Gasteiger partial charge in [-0.25, -0.2) is 4.39 Å². The molecule has 0 spiro atoms. The van der Waals surface area contributed by atoms with Gasteiger partial charge in [-0.3, -0.25) is 0 Å². The molecule has 1 aromatic carbocycles. The SMILES string of the molecule is Cc1cc(NC2CC2)c(Cl)c(N2CCNCC2)c1F. The van der Waals surface area contributed by atoms with Crippen molar-refractivity contribution in [2.24, 2.45) is 0 Å². The van der Waals surface area contributed by atoms with Crippen LogP contribution in [0.3, 0.4) is 0 Å². The molecule has 0 amide bonds. The Kier molecular flexibility index (Phi) is 3.54. The van der Waals surface area contributed by atoms with E-state index in [-0.39, 0.29) is 5.82 Å². The Balaban J connectivity index is 1.97. The van der Waals surface area contributed by atoms with Gasteiger partial charge in [0.2, 0.25) is 0 Å². The number of rotatable bonds is 3. The third kappa shape index (κ3) is 2.65. The van der Waals surface area contributed by atoms with Crippen molar-refractivity contribution in [3.8, 4) is 0 Å². The number of nitrogens with zero attached hydrogens (tertiary/aromatic N) is 1. The second-order valence-corrected chi connectivity index (χ2v) is 5.75. The van der Waals surface area contributed by atoms with Gasteiger partial charge in [0.25, 0.3) is 0 Å². The van der Waals surface area contributed by atoms with Crippen LogP contribution in [0.4, 0.5) is 15.8 Å². The smallest absolute Gasteiger partial charge is 0.151 e. The summed E-state index contributed by atoms with van der Waals surface area (Å²) in [4.78, 5) is 2.04. The van der Waals surface area contributed by atoms with Crippen LogP contribution in [0, 0.1) is 12.7 Å². The van der Waals surface area contributed by atoms with E-state index in [1.165, 1.54) is 12.8 Å². The molecule has 0 radical (unpaired) electrons. The average molecular weight is 284 g/mol. The van der Waals surface area contributed by atoms with Crippen molar-refractivity contribution in [1.82, 2.24) is 5.32 Å². The first-order valence-electron chi connectivity index (χ1n) is 6.87. The lowest BCUT2D eigenvalue weighted by atomic mass is 10.1. The molecular formula is C14H19ClFN3. The molecular weight excluding hydrogens is 265 g/mol. The van der Waals surface area contributed by atoms with E-state index in [1.807, 2.05) is 11.0 Å². The second kappa shape index (κ2) is 5.17. The first-order chi connectivity index (χ1) is 9.16. The molecule has 0 bridgehead atoms. The quantitative estimate of drug-likeness (QED) is 0.893. The minimum atomic E-state index is -0.187. The molecule has 1 aliphatic heterocycles. The summed E-state index contributed by atoms with van der Waals surface area (Å²) in [6.45, 7) is 5.13. The van der Waals surface area contributed by atoms with Crippen molar-refractivity contribution < 1.29 is 4.39 Å². The maximum atomic E-state index is 14.4. The van der Waals surface area contributed by atoms with Crippen LogP contribution in [0.5, 0.6) is 0 Å². The van der Waals surface area contributed by atoms with Gasteiger partial charge in [-0.15, -0.1) is 0 Å². The minimum Gasteiger partial charge on any atom is -0.381 e. The fourth-order valence-corrected chi connectivity index (χ4v) is 2.78. The highest BCUT2D eigenvalue weighted by molar-refractivity contribution is 6.36. The van der Waals surface area contributed by atoms with E-state index < -0.39 is 0 Å². The summed E-state index contributed by atoms with van der Waals surface area (Å²) in [5.74, 6) is -0.187. The van der Waals surface area contributed by atoms with Gasteiger partial charge in [0.05, 0.1) is 16.4 Å². The highest BCUT2D eigenvalue weighted by Gasteiger charge is 2.26. The van der Waals surface area contributed by atoms with E-state index >= 15 is 0 Å². The van der Waals surface area contributed by atoms with Crippen LogP contribution < -0.4 is 15.5 Å². The number of hydrogen-bond acceptors (Lipinski definition) is 3. The Morgan fingerprint density at radius 2 is 2.05 bits per heavy atom. The van der Waals surface area contributed by atoms with Crippen LogP contribution >= 0.6 is 11.6 Å². The van der Waals surface area contributed by atoms with E-state index in [0.717, 1.165) is 31.9 Å². The van der Waals surface area contributed by atoms with Crippen LogP contribution in [0.15, 0.2) is 6.07 Å². The summed E-state index contributed by atoms with van der Waals surface area (Å²) in [5, 5.41) is 7.19. The van der Waals surface area contributed by atoms with Crippen LogP contribution in [0.1, 0.15) is 18.4 Å². The molecule has 3 nitrogen and oxygen atoms in total. The zero-order valence-electron chi connectivity index (χ0n) is 11.1. The van der Waals surface area contributed by atoms with Crippen LogP contribution in [0.2, 0.25) is 5.02 Å². The number of anilines is 2. The summed E-state index contributed by atoms with van der Waals surface area (Å²) in [6, 6.07) is 2.33. The standard InChI is InChI=1S/C14H19ClFN3/c1-9-8-11(18-10-2-3-10)12(15)14(13(9)16)19-6-4-17-5-7-19/h8,10,17-18H,2-7H2,1H3. The van der Waals surface area contributed by atoms with E-state index in [9.17, 15) is 4.39 Å². The lowest BCUT2D eigenvalue weighted by molar-refractivity contribution is 0.563. The maximum Gasteiger partial charge on any atom is 0.151 e. The summed E-state index contributed by atoms with van der Waals surface area (Å²) in [7, 11) is 0. The van der Waals surface area contributed by atoms with Gasteiger partial charge in [0.15, 0.2) is 5.82 Å². The number of piperazine rings is 1. The second-order valence-electron chi connectivity index (χ2n) is 5.37. The zero-order chi connectivity index (χ0) is 13.4. The molecule has 0 unspecified atom stereocenters. The number of hydrogen-bond donors (Lipinski definition) is 2. The highest BCUT2D eigenvalue weighted by Crippen LogP contribution is 2.39. The minimum absolute atomic E-state index is 0.187. The molecule has 1 aromatic rings. The lowest BCUT2D eigenvalue weighted by Crippen LogP contribution is -2.44. The summed E-state index contributed by atoms with van der Waals surface area (Å²) in [5.41, 5.74) is 2.09. The first-order valence-corrected chi connectivity index (χ1v) is 7.25. The van der Waals surface area contributed by atoms with E-state index in [1.54, 1.807) is 6.92 Å². The molecule has 2 fully saturated rings. The fraction of sp³-hybridized carbons (Fsp3) is 0.571. The highest BCUT2D eigenvalue weighted by atomic mass is 35.5. The number of aryl methyl sites for hydroxylation is 1. The first kappa shape index (κ1) is 13.0. The summed E-state index contributed by atoms with van der Waals surface area (Å²) < 4.78 is 14.4. The van der Waals surface area contributed by atoms with Crippen LogP contribution in [0.25, 0.3) is 0 Å². The molecule has 1 aliphatic carbocycles. The van der Waals surface area contributed by atoms with Crippen molar-refractivity contribution in [2.75, 3.05) is 36.4 Å². The molecule has 19 heavy (non-hydrogen) atoms. The van der Waals surface area contributed by atoms with Crippen molar-refractivity contribution in [1.29, 1.82) is 0 Å².